The fourth-order valence-electron chi connectivity index (χ4n) is 6.19. The lowest BCUT2D eigenvalue weighted by Gasteiger charge is -2.30. The van der Waals surface area contributed by atoms with Crippen molar-refractivity contribution in [1.29, 1.82) is 0 Å². The smallest absolute Gasteiger partial charge is 0.370 e. The summed E-state index contributed by atoms with van der Waals surface area (Å²) in [6, 6.07) is 2.65. The van der Waals surface area contributed by atoms with E-state index in [4.69, 9.17) is 14.5 Å². The monoisotopic (exact) mass is 568 g/mol. The second-order valence-electron chi connectivity index (χ2n) is 11.2. The number of nitrogens with zero attached hydrogens (tertiary/aromatic N) is 2. The van der Waals surface area contributed by atoms with Crippen molar-refractivity contribution in [2.45, 2.75) is 76.7 Å². The lowest BCUT2D eigenvalue weighted by atomic mass is 9.81. The summed E-state index contributed by atoms with van der Waals surface area (Å²) in [5.74, 6) is -1.23. The standard InChI is InChI=1S/C29H30FN3O6S/c1-5-29(37)17-8-21-25-15(10-33(21)26(35)16(17)11-38-27(29)36)24-19(31-22(34)12-39-28(3,4)40)7-6-14-13(2)18(30)9-20(32-25)23(14)24/h8-9,19,37,40H,5-7,10-12H2,1-4H3,(H,31,34)/p+1/t19-,29-/m0/s1. The maximum absolute atomic E-state index is 15.0. The van der Waals surface area contributed by atoms with Crippen molar-refractivity contribution in [2.75, 3.05) is 6.61 Å². The number of fused-ring (bicyclic) bond motifs is 5. The predicted molar refractivity (Wildman–Crippen MR) is 149 cm³/mol. The number of hydrogen-bond donors (Lipinski definition) is 3. The minimum absolute atomic E-state index is 0.0884. The van der Waals surface area contributed by atoms with Crippen molar-refractivity contribution in [1.82, 2.24) is 14.9 Å². The molecule has 0 spiro atoms. The summed E-state index contributed by atoms with van der Waals surface area (Å²) in [5.41, 5.74) is 2.64. The Hall–Kier alpha value is -3.28. The van der Waals surface area contributed by atoms with Gasteiger partial charge in [0.1, 0.15) is 17.4 Å². The minimum Gasteiger partial charge on any atom is -0.370 e. The average molecular weight is 569 g/mol. The molecule has 3 aliphatic rings. The lowest BCUT2D eigenvalue weighted by molar-refractivity contribution is -0.128. The zero-order chi connectivity index (χ0) is 28.7. The van der Waals surface area contributed by atoms with Gasteiger partial charge in [-0.25, -0.2) is 9.37 Å². The lowest BCUT2D eigenvalue weighted by Crippen LogP contribution is -2.44. The normalized spacial score (nSPS) is 21.1. The molecule has 11 heteroatoms. The number of benzene rings is 1. The molecule has 3 aromatic rings. The molecule has 0 radical (unpaired) electrons. The van der Waals surface area contributed by atoms with Gasteiger partial charge in [-0.05, 0) is 62.8 Å². The van der Waals surface area contributed by atoms with Gasteiger partial charge in [0, 0.05) is 22.6 Å². The minimum atomic E-state index is -1.84. The number of cyclic esters (lactones) is 1. The van der Waals surface area contributed by atoms with Crippen LogP contribution in [0.2, 0.25) is 0 Å². The number of pyridine rings is 2. The zero-order valence-electron chi connectivity index (χ0n) is 22.7. The molecular weight excluding hydrogens is 537 g/mol. The highest BCUT2D eigenvalue weighted by Gasteiger charge is 2.51. The maximum Gasteiger partial charge on any atom is 0.521 e. The number of halogens is 1. The summed E-state index contributed by atoms with van der Waals surface area (Å²) >= 11 is 4.32. The van der Waals surface area contributed by atoms with E-state index in [1.807, 2.05) is 0 Å². The van der Waals surface area contributed by atoms with E-state index in [1.54, 1.807) is 38.3 Å². The van der Waals surface area contributed by atoms with Gasteiger partial charge in [-0.3, -0.25) is 9.59 Å². The first kappa shape index (κ1) is 26.9. The first-order valence-corrected chi connectivity index (χ1v) is 13.8. The number of aryl methyl sites for hydroxylation is 1. The topological polar surface area (TPSA) is 124 Å². The highest BCUT2D eigenvalue weighted by atomic mass is 32.1. The molecule has 1 aliphatic carbocycles. The molecule has 2 atom stereocenters. The Morgan fingerprint density at radius 1 is 1.38 bits per heavy atom. The predicted octanol–water partition coefficient (Wildman–Crippen LogP) is 3.29. The Balaban J connectivity index is 1.55. The molecule has 3 N–H and O–H groups in total. The Bertz CT molecular complexity index is 1690. The van der Waals surface area contributed by atoms with Crippen LogP contribution < -0.4 is 10.9 Å². The first-order chi connectivity index (χ1) is 18.8. The van der Waals surface area contributed by atoms with Gasteiger partial charge in [-0.1, -0.05) is 6.92 Å². The summed E-state index contributed by atoms with van der Waals surface area (Å²) < 4.78 is 27.4. The largest absolute Gasteiger partial charge is 0.521 e. The van der Waals surface area contributed by atoms with E-state index < -0.39 is 22.5 Å². The fraction of sp³-hybridized carbons (Fsp3) is 0.448. The molecule has 1 amide bonds. The average Bonchev–Trinajstić information content (AvgIpc) is 3.27. The van der Waals surface area contributed by atoms with Crippen molar-refractivity contribution in [3.63, 3.8) is 0 Å². The molecule has 2 aliphatic heterocycles. The van der Waals surface area contributed by atoms with Crippen molar-refractivity contribution >= 4 is 35.4 Å². The number of carbonyl (C=O) groups excluding carboxylic acids is 2. The molecule has 0 bridgehead atoms. The fourth-order valence-corrected chi connectivity index (χ4v) is 6.26. The van der Waals surface area contributed by atoms with Crippen LogP contribution in [0.5, 0.6) is 0 Å². The second-order valence-corrected chi connectivity index (χ2v) is 12.3. The van der Waals surface area contributed by atoms with Crippen LogP contribution in [0.3, 0.4) is 0 Å². The van der Waals surface area contributed by atoms with Crippen molar-refractivity contribution < 1.29 is 28.6 Å². The Kier molecular flexibility index (Phi) is 6.14. The summed E-state index contributed by atoms with van der Waals surface area (Å²) in [7, 11) is 0. The van der Waals surface area contributed by atoms with E-state index >= 15 is 4.39 Å². The second kappa shape index (κ2) is 9.12. The van der Waals surface area contributed by atoms with Crippen LogP contribution in [0.4, 0.5) is 4.39 Å². The van der Waals surface area contributed by atoms with Gasteiger partial charge < -0.3 is 29.3 Å². The van der Waals surface area contributed by atoms with E-state index in [0.29, 0.717) is 35.3 Å². The van der Waals surface area contributed by atoms with Crippen LogP contribution in [0, 0.1) is 12.7 Å². The molecule has 6 rings (SSSR count). The quantitative estimate of drug-likeness (QED) is 0.147. The highest BCUT2D eigenvalue weighted by molar-refractivity contribution is 7.81. The van der Waals surface area contributed by atoms with E-state index in [0.717, 1.165) is 22.1 Å². The summed E-state index contributed by atoms with van der Waals surface area (Å²) in [5, 5.41) is 15.1. The van der Waals surface area contributed by atoms with Gasteiger partial charge in [0.25, 0.3) is 5.56 Å². The van der Waals surface area contributed by atoms with Gasteiger partial charge in [-0.2, -0.15) is 0 Å². The summed E-state index contributed by atoms with van der Waals surface area (Å²) in [6.07, 6.45) is 1.17. The maximum atomic E-state index is 15.0. The number of esters is 1. The number of aromatic nitrogens is 2. The van der Waals surface area contributed by atoms with Gasteiger partial charge in [0.2, 0.25) is 18.1 Å². The molecule has 210 valence electrons. The Morgan fingerprint density at radius 3 is 2.83 bits per heavy atom. The number of carbonyl (C=O) groups is 1. The number of rotatable bonds is 5. The van der Waals surface area contributed by atoms with Crippen molar-refractivity contribution in [2.24, 2.45) is 0 Å². The van der Waals surface area contributed by atoms with Crippen LogP contribution in [-0.4, -0.2) is 42.9 Å². The third-order valence-electron chi connectivity index (χ3n) is 8.29. The van der Waals surface area contributed by atoms with Crippen LogP contribution in [-0.2, 0) is 39.4 Å². The molecule has 0 fully saturated rings. The highest BCUT2D eigenvalue weighted by Crippen LogP contribution is 2.45. The third kappa shape index (κ3) is 3.97. The molecule has 40 heavy (non-hydrogen) atoms. The van der Waals surface area contributed by atoms with Crippen molar-refractivity contribution in [3.8, 4) is 11.4 Å². The van der Waals surface area contributed by atoms with E-state index in [2.05, 4.69) is 17.9 Å². The molecule has 0 saturated heterocycles. The van der Waals surface area contributed by atoms with E-state index in [1.165, 1.54) is 6.07 Å². The molecule has 4 heterocycles. The summed E-state index contributed by atoms with van der Waals surface area (Å²) in [4.78, 5) is 41.0. The van der Waals surface area contributed by atoms with E-state index in [-0.39, 0.29) is 54.6 Å². The molecule has 0 unspecified atom stereocenters. The molecule has 2 aromatic heterocycles. The van der Waals surface area contributed by atoms with Crippen LogP contribution in [0.1, 0.15) is 73.0 Å². The van der Waals surface area contributed by atoms with Gasteiger partial charge in [0.15, 0.2) is 0 Å². The first-order valence-electron chi connectivity index (χ1n) is 13.3. The molecule has 1 aromatic carbocycles. The zero-order valence-corrected chi connectivity index (χ0v) is 23.6. The van der Waals surface area contributed by atoms with E-state index in [9.17, 15) is 19.5 Å². The Labute approximate surface area is 235 Å². The third-order valence-corrected chi connectivity index (χ3v) is 8.42. The summed E-state index contributed by atoms with van der Waals surface area (Å²) in [6.45, 7) is 6.75. The Morgan fingerprint density at radius 2 is 2.12 bits per heavy atom. The van der Waals surface area contributed by atoms with Crippen LogP contribution in [0.25, 0.3) is 22.3 Å². The van der Waals surface area contributed by atoms with Crippen molar-refractivity contribution in [3.05, 3.63) is 61.7 Å². The molecule has 9 nitrogen and oxygen atoms in total. The molecular formula is C29H31FN3O6S+. The number of amides is 1. The SMILES string of the molecule is CC[C@@]1(O)C(=[OH+])OCc2c1cc1n(c2=O)Cc2c-1nc1cc(F)c(C)c3c1c2[C@@H](NC(=O)COC(C)(C)S)CC3. The number of nitrogens with one attached hydrogen (secondary N) is 1. The van der Waals surface area contributed by atoms with Gasteiger partial charge in [-0.15, -0.1) is 12.6 Å². The molecule has 0 saturated carbocycles. The number of aliphatic hydroxyl groups is 1. The van der Waals surface area contributed by atoms with Gasteiger partial charge >= 0.3 is 5.97 Å². The van der Waals surface area contributed by atoms with Crippen LogP contribution in [0.15, 0.2) is 16.9 Å². The van der Waals surface area contributed by atoms with Crippen LogP contribution >= 0.6 is 12.6 Å². The number of ether oxygens (including phenoxy) is 2. The van der Waals surface area contributed by atoms with Gasteiger partial charge in [0.05, 0.1) is 35.1 Å². The number of hydrogen-bond acceptors (Lipinski definition) is 7. The number of thiol groups is 1.